The van der Waals surface area contributed by atoms with Gasteiger partial charge >= 0.3 is 0 Å². The molecule has 144 valence electrons. The molecule has 28 heavy (non-hydrogen) atoms. The van der Waals surface area contributed by atoms with Crippen molar-refractivity contribution in [3.8, 4) is 0 Å². The number of rotatable bonds is 6. The lowest BCUT2D eigenvalue weighted by molar-refractivity contribution is 0.0963. The first kappa shape index (κ1) is 18.8. The highest BCUT2D eigenvalue weighted by molar-refractivity contribution is 6.08. The van der Waals surface area contributed by atoms with Gasteiger partial charge in [0.2, 0.25) is 0 Å². The van der Waals surface area contributed by atoms with Crippen LogP contribution in [-0.4, -0.2) is 23.8 Å². The zero-order valence-corrected chi connectivity index (χ0v) is 16.1. The van der Waals surface area contributed by atoms with Gasteiger partial charge in [0.15, 0.2) is 5.78 Å². The number of fused-ring (bicyclic) bond motifs is 1. The van der Waals surface area contributed by atoms with Gasteiger partial charge in [-0.2, -0.15) is 0 Å². The number of benzene rings is 3. The Labute approximate surface area is 166 Å². The van der Waals surface area contributed by atoms with Crippen molar-refractivity contribution in [2.45, 2.75) is 32.2 Å². The van der Waals surface area contributed by atoms with Crippen LogP contribution in [0.15, 0.2) is 66.7 Å². The van der Waals surface area contributed by atoms with Crippen LogP contribution in [0.4, 0.5) is 4.39 Å². The summed E-state index contributed by atoms with van der Waals surface area (Å²) in [7, 11) is 0. The number of hydrogen-bond acceptors (Lipinski definition) is 2. The van der Waals surface area contributed by atoms with Gasteiger partial charge in [0, 0.05) is 23.9 Å². The van der Waals surface area contributed by atoms with E-state index in [2.05, 4.69) is 35.2 Å². The average Bonchev–Trinajstić information content (AvgIpc) is 2.74. The molecule has 3 heteroatoms. The van der Waals surface area contributed by atoms with Crippen LogP contribution in [0, 0.1) is 11.7 Å². The number of Topliss-reactive ketones (excluding diaryl/α,β-unsaturated/α-hetero) is 1. The molecule has 1 heterocycles. The molecule has 0 saturated carbocycles. The molecule has 0 aliphatic carbocycles. The molecule has 4 rings (SSSR count). The summed E-state index contributed by atoms with van der Waals surface area (Å²) in [6.07, 6.45) is 3.75. The summed E-state index contributed by atoms with van der Waals surface area (Å²) in [5.41, 5.74) is 2.01. The molecule has 1 aliphatic rings. The van der Waals surface area contributed by atoms with Crippen LogP contribution in [0.5, 0.6) is 0 Å². The Hall–Kier alpha value is -2.52. The second-order valence-electron chi connectivity index (χ2n) is 7.81. The molecule has 1 aliphatic heterocycles. The van der Waals surface area contributed by atoms with Gasteiger partial charge in [-0.05, 0) is 61.4 Å². The highest BCUT2D eigenvalue weighted by Gasteiger charge is 2.21. The Morgan fingerprint density at radius 2 is 1.57 bits per heavy atom. The molecular formula is C25H26FNO. The molecule has 2 nitrogen and oxygen atoms in total. The van der Waals surface area contributed by atoms with Crippen LogP contribution in [0.1, 0.15) is 41.6 Å². The minimum atomic E-state index is -0.266. The Kier molecular flexibility index (Phi) is 5.82. The van der Waals surface area contributed by atoms with Crippen molar-refractivity contribution in [2.75, 3.05) is 13.1 Å². The number of carbonyl (C=O) groups excluding carboxylic acids is 1. The molecule has 1 fully saturated rings. The van der Waals surface area contributed by atoms with Crippen molar-refractivity contribution in [2.24, 2.45) is 5.92 Å². The molecule has 0 amide bonds. The first-order valence-electron chi connectivity index (χ1n) is 10.2. The maximum absolute atomic E-state index is 14.0. The van der Waals surface area contributed by atoms with Crippen molar-refractivity contribution in [3.05, 3.63) is 83.7 Å². The molecule has 0 atom stereocenters. The van der Waals surface area contributed by atoms with E-state index in [0.717, 1.165) is 44.3 Å². The Morgan fingerprint density at radius 1 is 0.893 bits per heavy atom. The van der Waals surface area contributed by atoms with Gasteiger partial charge in [-0.15, -0.1) is 0 Å². The van der Waals surface area contributed by atoms with E-state index in [1.807, 2.05) is 18.2 Å². The van der Waals surface area contributed by atoms with Gasteiger partial charge in [-0.3, -0.25) is 9.69 Å². The Balaban J connectivity index is 1.31. The summed E-state index contributed by atoms with van der Waals surface area (Å²) < 4.78 is 14.0. The summed E-state index contributed by atoms with van der Waals surface area (Å²) in [6, 6.07) is 20.9. The maximum Gasteiger partial charge on any atom is 0.163 e. The lowest BCUT2D eigenvalue weighted by Crippen LogP contribution is -2.33. The summed E-state index contributed by atoms with van der Waals surface area (Å²) in [5.74, 6) is 0.462. The number of nitrogens with zero attached hydrogens (tertiary/aromatic N) is 1. The molecule has 0 aromatic heterocycles. The predicted octanol–water partition coefficient (Wildman–Crippen LogP) is 5.85. The van der Waals surface area contributed by atoms with Crippen molar-refractivity contribution >= 4 is 16.6 Å². The SMILES string of the molecule is O=C(CCC1CCN(Cc2ccccc2)CC1)c1ccc(F)c2ccccc12. The van der Waals surface area contributed by atoms with E-state index in [1.54, 1.807) is 12.1 Å². The predicted molar refractivity (Wildman–Crippen MR) is 112 cm³/mol. The zero-order chi connectivity index (χ0) is 19.3. The first-order chi connectivity index (χ1) is 13.7. The molecular weight excluding hydrogens is 349 g/mol. The van der Waals surface area contributed by atoms with Crippen LogP contribution in [0.2, 0.25) is 0 Å². The number of ketones is 1. The first-order valence-corrected chi connectivity index (χ1v) is 10.2. The number of likely N-dealkylation sites (tertiary alicyclic amines) is 1. The largest absolute Gasteiger partial charge is 0.299 e. The van der Waals surface area contributed by atoms with E-state index < -0.39 is 0 Å². The fraction of sp³-hybridized carbons (Fsp3) is 0.320. The van der Waals surface area contributed by atoms with Crippen LogP contribution < -0.4 is 0 Å². The summed E-state index contributed by atoms with van der Waals surface area (Å²) in [4.78, 5) is 15.3. The molecule has 3 aromatic rings. The van der Waals surface area contributed by atoms with Crippen LogP contribution in [0.3, 0.4) is 0 Å². The Bertz CT molecular complexity index is 945. The molecule has 3 aromatic carbocycles. The van der Waals surface area contributed by atoms with Crippen molar-refractivity contribution < 1.29 is 9.18 Å². The van der Waals surface area contributed by atoms with Crippen LogP contribution in [-0.2, 0) is 6.54 Å². The summed E-state index contributed by atoms with van der Waals surface area (Å²) in [6.45, 7) is 3.19. The maximum atomic E-state index is 14.0. The van der Waals surface area contributed by atoms with E-state index in [9.17, 15) is 9.18 Å². The highest BCUT2D eigenvalue weighted by Crippen LogP contribution is 2.27. The molecule has 1 saturated heterocycles. The lowest BCUT2D eigenvalue weighted by Gasteiger charge is -2.32. The second kappa shape index (κ2) is 8.66. The zero-order valence-electron chi connectivity index (χ0n) is 16.1. The molecule has 0 bridgehead atoms. The quantitative estimate of drug-likeness (QED) is 0.503. The minimum Gasteiger partial charge on any atom is -0.299 e. The molecule has 0 unspecified atom stereocenters. The summed E-state index contributed by atoms with van der Waals surface area (Å²) in [5, 5.41) is 1.26. The standard InChI is InChI=1S/C25H26FNO/c26-24-12-11-23(21-8-4-5-9-22(21)24)25(28)13-10-19-14-16-27(17-15-19)18-20-6-2-1-3-7-20/h1-9,11-12,19H,10,13-18H2. The van der Waals surface area contributed by atoms with Gasteiger partial charge < -0.3 is 0 Å². The van der Waals surface area contributed by atoms with E-state index >= 15 is 0 Å². The van der Waals surface area contributed by atoms with E-state index in [1.165, 1.54) is 11.6 Å². The van der Waals surface area contributed by atoms with Gasteiger partial charge in [-0.1, -0.05) is 54.6 Å². The van der Waals surface area contributed by atoms with Crippen molar-refractivity contribution in [3.63, 3.8) is 0 Å². The van der Waals surface area contributed by atoms with Gasteiger partial charge in [-0.25, -0.2) is 4.39 Å². The fourth-order valence-electron chi connectivity index (χ4n) is 4.25. The highest BCUT2D eigenvalue weighted by atomic mass is 19.1. The third-order valence-corrected chi connectivity index (χ3v) is 5.91. The molecule has 0 N–H and O–H groups in total. The van der Waals surface area contributed by atoms with Gasteiger partial charge in [0.05, 0.1) is 0 Å². The van der Waals surface area contributed by atoms with Gasteiger partial charge in [0.1, 0.15) is 5.82 Å². The Morgan fingerprint density at radius 3 is 2.32 bits per heavy atom. The molecule has 0 radical (unpaired) electrons. The smallest absolute Gasteiger partial charge is 0.163 e. The lowest BCUT2D eigenvalue weighted by atomic mass is 9.89. The summed E-state index contributed by atoms with van der Waals surface area (Å²) >= 11 is 0. The van der Waals surface area contributed by atoms with Crippen molar-refractivity contribution in [1.29, 1.82) is 0 Å². The monoisotopic (exact) mass is 375 g/mol. The van der Waals surface area contributed by atoms with Crippen LogP contribution in [0.25, 0.3) is 10.8 Å². The second-order valence-corrected chi connectivity index (χ2v) is 7.81. The minimum absolute atomic E-state index is 0.128. The number of hydrogen-bond donors (Lipinski definition) is 0. The number of piperidine rings is 1. The topological polar surface area (TPSA) is 20.3 Å². The third-order valence-electron chi connectivity index (χ3n) is 5.91. The van der Waals surface area contributed by atoms with Crippen molar-refractivity contribution in [1.82, 2.24) is 4.90 Å². The van der Waals surface area contributed by atoms with E-state index in [4.69, 9.17) is 0 Å². The van der Waals surface area contributed by atoms with E-state index in [0.29, 0.717) is 23.3 Å². The molecule has 0 spiro atoms. The number of halogens is 1. The normalized spacial score (nSPS) is 15.8. The van der Waals surface area contributed by atoms with Crippen LogP contribution >= 0.6 is 0 Å². The third kappa shape index (κ3) is 4.31. The number of carbonyl (C=O) groups is 1. The van der Waals surface area contributed by atoms with E-state index in [-0.39, 0.29) is 11.6 Å². The van der Waals surface area contributed by atoms with Gasteiger partial charge in [0.25, 0.3) is 0 Å². The average molecular weight is 375 g/mol. The fourth-order valence-corrected chi connectivity index (χ4v) is 4.25.